The fraction of sp³-hybridized carbons (Fsp3) is 0.310. The molecule has 2 aliphatic rings. The Labute approximate surface area is 224 Å². The van der Waals surface area contributed by atoms with Crippen LogP contribution in [-0.4, -0.2) is 51.9 Å². The van der Waals surface area contributed by atoms with Gasteiger partial charge in [-0.1, -0.05) is 24.3 Å². The Hall–Kier alpha value is -4.44. The normalized spacial score (nSPS) is 18.8. The number of nitrogens with zero attached hydrogens (tertiary/aromatic N) is 5. The van der Waals surface area contributed by atoms with Crippen LogP contribution in [0.25, 0.3) is 10.9 Å². The highest BCUT2D eigenvalue weighted by atomic mass is 16.5. The zero-order chi connectivity index (χ0) is 26.9. The van der Waals surface area contributed by atoms with Crippen molar-refractivity contribution in [3.63, 3.8) is 0 Å². The van der Waals surface area contributed by atoms with Gasteiger partial charge in [0.2, 0.25) is 5.88 Å². The van der Waals surface area contributed by atoms with Crippen molar-refractivity contribution in [1.29, 1.82) is 0 Å². The van der Waals surface area contributed by atoms with Gasteiger partial charge >= 0.3 is 5.91 Å². The number of azo groups is 1. The van der Waals surface area contributed by atoms with Crippen LogP contribution in [0.15, 0.2) is 81.8 Å². The number of methoxy groups -OCH3 is 1. The van der Waals surface area contributed by atoms with Gasteiger partial charge in [0.15, 0.2) is 12.3 Å². The van der Waals surface area contributed by atoms with Gasteiger partial charge in [-0.2, -0.15) is 0 Å². The van der Waals surface area contributed by atoms with Crippen molar-refractivity contribution in [2.75, 3.05) is 26.8 Å². The molecule has 2 aliphatic heterocycles. The number of pyridine rings is 1. The van der Waals surface area contributed by atoms with Gasteiger partial charge in [0, 0.05) is 42.7 Å². The number of ether oxygens (including phenoxy) is 2. The molecule has 6 rings (SSSR count). The van der Waals surface area contributed by atoms with Gasteiger partial charge in [-0.05, 0) is 48.7 Å². The van der Waals surface area contributed by atoms with Gasteiger partial charge in [0.25, 0.3) is 5.56 Å². The van der Waals surface area contributed by atoms with Crippen LogP contribution in [0, 0.1) is 5.92 Å². The molecule has 4 aromatic rings. The highest BCUT2D eigenvalue weighted by Gasteiger charge is 2.35. The van der Waals surface area contributed by atoms with Crippen LogP contribution in [0.4, 0.5) is 5.69 Å². The van der Waals surface area contributed by atoms with Crippen LogP contribution in [-0.2, 0) is 18.0 Å². The van der Waals surface area contributed by atoms with Gasteiger partial charge in [0.1, 0.15) is 11.5 Å². The van der Waals surface area contributed by atoms with Crippen molar-refractivity contribution in [1.82, 2.24) is 14.0 Å². The highest BCUT2D eigenvalue weighted by molar-refractivity contribution is 5.95. The minimum atomic E-state index is -0.570. The molecule has 2 aromatic heterocycles. The first kappa shape index (κ1) is 24.9. The molecule has 2 bridgehead atoms. The van der Waals surface area contributed by atoms with Crippen LogP contribution in [0.2, 0.25) is 0 Å². The van der Waals surface area contributed by atoms with E-state index in [0.29, 0.717) is 36.0 Å². The highest BCUT2D eigenvalue weighted by Crippen LogP contribution is 2.40. The number of aromatic nitrogens is 2. The van der Waals surface area contributed by atoms with E-state index in [1.165, 1.54) is 0 Å². The quantitative estimate of drug-likeness (QED) is 0.359. The lowest BCUT2D eigenvalue weighted by Gasteiger charge is -2.42. The summed E-state index contributed by atoms with van der Waals surface area (Å²) in [6.45, 7) is 2.49. The second-order valence-electron chi connectivity index (χ2n) is 10.1. The van der Waals surface area contributed by atoms with Gasteiger partial charge in [0.05, 0.1) is 19.3 Å². The Balaban J connectivity index is 1.19. The van der Waals surface area contributed by atoms with E-state index >= 15 is 0 Å². The number of aromatic hydroxyl groups is 1. The molecule has 0 saturated carbocycles. The number of likely N-dealkylation sites (tertiary alicyclic amines) is 1. The molecule has 1 saturated heterocycles. The molecule has 0 aliphatic carbocycles. The number of para-hydroxylation sites is 1. The van der Waals surface area contributed by atoms with Crippen molar-refractivity contribution in [3.05, 3.63) is 82.8 Å². The predicted octanol–water partition coefficient (Wildman–Crippen LogP) is 4.28. The monoisotopic (exact) mass is 527 g/mol. The third-order valence-electron chi connectivity index (χ3n) is 7.50. The van der Waals surface area contributed by atoms with E-state index in [0.717, 1.165) is 30.7 Å². The minimum absolute atomic E-state index is 0.0452. The maximum Gasteiger partial charge on any atom is 0.302 e. The van der Waals surface area contributed by atoms with Crippen molar-refractivity contribution in [2.24, 2.45) is 16.1 Å². The lowest BCUT2D eigenvalue weighted by Crippen LogP contribution is -2.47. The lowest BCUT2D eigenvalue weighted by molar-refractivity contribution is -0.120. The topological polar surface area (TPSA) is 111 Å². The number of hydrogen-bond donors (Lipinski definition) is 1. The Kier molecular flexibility index (Phi) is 6.62. The van der Waals surface area contributed by atoms with Crippen LogP contribution in [0.5, 0.6) is 17.4 Å². The molecule has 0 spiro atoms. The summed E-state index contributed by atoms with van der Waals surface area (Å²) in [6.07, 6.45) is 1.05. The molecule has 2 atom stereocenters. The second-order valence-corrected chi connectivity index (χ2v) is 10.1. The molecule has 1 N–H and O–H groups in total. The standard InChI is InChI=1S/C29H29N5O5/c1-38-21-9-11-22(12-10-21)39-17-26(35)30-31-28-23-5-2-3-6-25(23)34(29(28)37)18-32-14-19-13-20(16-32)24-7-4-8-27(36)33(24)15-19/h2-12,19-20,37H,13-18H2,1H3/t19-,20+/m1/s1. The summed E-state index contributed by atoms with van der Waals surface area (Å²) in [5.41, 5.74) is 2.19. The second kappa shape index (κ2) is 10.4. The summed E-state index contributed by atoms with van der Waals surface area (Å²) in [4.78, 5) is 27.1. The summed E-state index contributed by atoms with van der Waals surface area (Å²) >= 11 is 0. The van der Waals surface area contributed by atoms with Crippen LogP contribution >= 0.6 is 0 Å². The third kappa shape index (κ3) is 4.90. The fourth-order valence-corrected chi connectivity index (χ4v) is 5.78. The number of hydrogen-bond acceptors (Lipinski definition) is 7. The van der Waals surface area contributed by atoms with E-state index in [1.54, 1.807) is 42.0 Å². The number of carbonyl (C=O) groups excluding carboxylic acids is 1. The summed E-state index contributed by atoms with van der Waals surface area (Å²) in [7, 11) is 1.58. The number of fused-ring (bicyclic) bond motifs is 5. The molecule has 0 unspecified atom stereocenters. The van der Waals surface area contributed by atoms with Crippen LogP contribution in [0.3, 0.4) is 0 Å². The van der Waals surface area contributed by atoms with E-state index < -0.39 is 5.91 Å². The maximum atomic E-state index is 12.4. The SMILES string of the molecule is COc1ccc(OCC(=O)N=Nc2c(O)n(CN3C[C@H]4C[C@@H](C3)c3cccc(=O)n3C4)c3ccccc23)cc1. The molecule has 200 valence electrons. The average Bonchev–Trinajstić information content (AvgIpc) is 3.21. The Morgan fingerprint density at radius 2 is 1.79 bits per heavy atom. The molecule has 0 radical (unpaired) electrons. The zero-order valence-corrected chi connectivity index (χ0v) is 21.6. The van der Waals surface area contributed by atoms with Crippen LogP contribution in [0.1, 0.15) is 18.0 Å². The zero-order valence-electron chi connectivity index (χ0n) is 21.6. The number of amides is 1. The average molecular weight is 528 g/mol. The maximum absolute atomic E-state index is 12.4. The van der Waals surface area contributed by atoms with Crippen molar-refractivity contribution >= 4 is 22.5 Å². The predicted molar refractivity (Wildman–Crippen MR) is 145 cm³/mol. The number of rotatable bonds is 7. The third-order valence-corrected chi connectivity index (χ3v) is 7.50. The summed E-state index contributed by atoms with van der Waals surface area (Å²) < 4.78 is 14.3. The van der Waals surface area contributed by atoms with E-state index in [4.69, 9.17) is 9.47 Å². The first-order chi connectivity index (χ1) is 19.0. The Morgan fingerprint density at radius 3 is 2.62 bits per heavy atom. The van der Waals surface area contributed by atoms with E-state index in [-0.39, 0.29) is 29.7 Å². The fourth-order valence-electron chi connectivity index (χ4n) is 5.78. The van der Waals surface area contributed by atoms with Crippen LogP contribution < -0.4 is 15.0 Å². The van der Waals surface area contributed by atoms with Gasteiger partial charge in [-0.15, -0.1) is 10.2 Å². The molecular formula is C29H29N5O5. The smallest absolute Gasteiger partial charge is 0.302 e. The summed E-state index contributed by atoms with van der Waals surface area (Å²) in [5.74, 6) is 1.21. The Morgan fingerprint density at radius 1 is 1.00 bits per heavy atom. The van der Waals surface area contributed by atoms with E-state index in [9.17, 15) is 14.7 Å². The molecular weight excluding hydrogens is 498 g/mol. The van der Waals surface area contributed by atoms with Gasteiger partial charge in [-0.3, -0.25) is 19.1 Å². The lowest BCUT2D eigenvalue weighted by atomic mass is 9.83. The Bertz CT molecular complexity index is 1610. The summed E-state index contributed by atoms with van der Waals surface area (Å²) in [6, 6.07) is 19.9. The molecule has 4 heterocycles. The van der Waals surface area contributed by atoms with Crippen molar-refractivity contribution in [2.45, 2.75) is 25.6 Å². The molecule has 1 amide bonds. The summed E-state index contributed by atoms with van der Waals surface area (Å²) in [5, 5.41) is 19.8. The minimum Gasteiger partial charge on any atom is -0.497 e. The first-order valence-electron chi connectivity index (χ1n) is 12.9. The molecule has 10 heteroatoms. The van der Waals surface area contributed by atoms with E-state index in [2.05, 4.69) is 15.1 Å². The molecule has 2 aromatic carbocycles. The van der Waals surface area contributed by atoms with Gasteiger partial charge in [-0.25, -0.2) is 0 Å². The molecule has 10 nitrogen and oxygen atoms in total. The van der Waals surface area contributed by atoms with Crippen molar-refractivity contribution < 1.29 is 19.4 Å². The van der Waals surface area contributed by atoms with E-state index in [1.807, 2.05) is 41.0 Å². The number of benzene rings is 2. The first-order valence-corrected chi connectivity index (χ1v) is 12.9. The van der Waals surface area contributed by atoms with Gasteiger partial charge < -0.3 is 19.1 Å². The number of piperidine rings is 1. The number of carbonyl (C=O) groups is 1. The largest absolute Gasteiger partial charge is 0.497 e. The van der Waals surface area contributed by atoms with Crippen molar-refractivity contribution in [3.8, 4) is 17.4 Å². The molecule has 39 heavy (non-hydrogen) atoms. The molecule has 1 fully saturated rings.